The number of hydrogen-bond donors (Lipinski definition) is 1. The highest BCUT2D eigenvalue weighted by Gasteiger charge is 2.11. The number of carboxylic acids is 1. The summed E-state index contributed by atoms with van der Waals surface area (Å²) >= 11 is 11.2. The molecule has 0 radical (unpaired) electrons. The number of carboxylic acid groups (broad SMARTS) is 1. The molecule has 4 nitrogen and oxygen atoms in total. The number of ether oxygens (including phenoxy) is 1. The van der Waals surface area contributed by atoms with Crippen molar-refractivity contribution in [1.29, 1.82) is 0 Å². The molecule has 31 heavy (non-hydrogen) atoms. The predicted molar refractivity (Wildman–Crippen MR) is 129 cm³/mol. The van der Waals surface area contributed by atoms with Crippen molar-refractivity contribution in [2.45, 2.75) is 32.6 Å². The Balaban J connectivity index is 0.000000220. The summed E-state index contributed by atoms with van der Waals surface area (Å²) in [5.41, 5.74) is 4.93. The standard InChI is InChI=1S/C13H11ClS.C12H14O4/c1-9-12(3-2-4-13(9)15)10-5-7-11(14)8-6-10;1-16-12(15)10-7-3-2-5-9(10)6-4-8-11(13)14/h2-3,5-8H,4H2,1H3;2-3,5,7H,4,6,8H2,1H3,(H,13,14). The van der Waals surface area contributed by atoms with Crippen LogP contribution in [0.5, 0.6) is 0 Å². The first-order valence-corrected chi connectivity index (χ1v) is 10.7. The average molecular weight is 457 g/mol. The number of rotatable bonds is 6. The molecule has 6 heteroatoms. The summed E-state index contributed by atoms with van der Waals surface area (Å²) in [7, 11) is 1.33. The van der Waals surface area contributed by atoms with E-state index in [2.05, 4.69) is 23.8 Å². The van der Waals surface area contributed by atoms with E-state index in [1.807, 2.05) is 36.4 Å². The quantitative estimate of drug-likeness (QED) is 0.406. The molecule has 0 amide bonds. The Morgan fingerprint density at radius 1 is 1.13 bits per heavy atom. The van der Waals surface area contributed by atoms with Gasteiger partial charge in [-0.25, -0.2) is 4.79 Å². The molecular weight excluding hydrogens is 432 g/mol. The number of methoxy groups -OCH3 is 1. The number of esters is 1. The molecule has 0 spiro atoms. The van der Waals surface area contributed by atoms with Gasteiger partial charge in [-0.3, -0.25) is 4.79 Å². The van der Waals surface area contributed by atoms with Crippen LogP contribution >= 0.6 is 23.8 Å². The highest BCUT2D eigenvalue weighted by molar-refractivity contribution is 7.80. The van der Waals surface area contributed by atoms with Crippen molar-refractivity contribution in [3.8, 4) is 0 Å². The fraction of sp³-hybridized carbons (Fsp3) is 0.240. The second-order valence-electron chi connectivity index (χ2n) is 6.97. The van der Waals surface area contributed by atoms with Gasteiger partial charge in [-0.2, -0.15) is 0 Å². The van der Waals surface area contributed by atoms with Crippen molar-refractivity contribution in [2.75, 3.05) is 7.11 Å². The summed E-state index contributed by atoms with van der Waals surface area (Å²) in [5, 5.41) is 9.29. The molecule has 2 aromatic rings. The first-order chi connectivity index (χ1) is 14.8. The minimum Gasteiger partial charge on any atom is -0.481 e. The normalized spacial score (nSPS) is 12.8. The van der Waals surface area contributed by atoms with E-state index < -0.39 is 5.97 Å². The van der Waals surface area contributed by atoms with Crippen molar-refractivity contribution in [3.05, 3.63) is 88.0 Å². The van der Waals surface area contributed by atoms with Crippen molar-refractivity contribution in [3.63, 3.8) is 0 Å². The summed E-state index contributed by atoms with van der Waals surface area (Å²) in [4.78, 5) is 22.8. The summed E-state index contributed by atoms with van der Waals surface area (Å²) in [6.45, 7) is 2.08. The number of thiocarbonyl (C=S) groups is 1. The Morgan fingerprint density at radius 3 is 2.45 bits per heavy atom. The maximum Gasteiger partial charge on any atom is 0.338 e. The Bertz CT molecular complexity index is 1010. The highest BCUT2D eigenvalue weighted by Crippen LogP contribution is 2.26. The topological polar surface area (TPSA) is 63.6 Å². The molecule has 0 aliphatic heterocycles. The number of aryl methyl sites for hydroxylation is 1. The molecule has 0 aromatic heterocycles. The Morgan fingerprint density at radius 2 is 1.81 bits per heavy atom. The lowest BCUT2D eigenvalue weighted by molar-refractivity contribution is -0.137. The molecule has 3 rings (SSSR count). The van der Waals surface area contributed by atoms with E-state index in [9.17, 15) is 9.59 Å². The van der Waals surface area contributed by atoms with Gasteiger partial charge in [-0.05, 0) is 60.2 Å². The number of aliphatic carboxylic acids is 1. The zero-order chi connectivity index (χ0) is 22.8. The van der Waals surface area contributed by atoms with Crippen molar-refractivity contribution in [2.24, 2.45) is 0 Å². The van der Waals surface area contributed by atoms with Gasteiger partial charge in [-0.1, -0.05) is 66.3 Å². The molecule has 0 saturated heterocycles. The van der Waals surface area contributed by atoms with Crippen LogP contribution < -0.4 is 0 Å². The minimum absolute atomic E-state index is 0.107. The van der Waals surface area contributed by atoms with Crippen LogP contribution in [-0.2, 0) is 16.0 Å². The fourth-order valence-corrected chi connectivity index (χ4v) is 3.46. The number of carbonyl (C=O) groups is 2. The molecule has 1 aliphatic carbocycles. The maximum absolute atomic E-state index is 11.4. The van der Waals surface area contributed by atoms with Gasteiger partial charge in [0.2, 0.25) is 0 Å². The summed E-state index contributed by atoms with van der Waals surface area (Å²) < 4.78 is 4.65. The molecule has 162 valence electrons. The first-order valence-electron chi connectivity index (χ1n) is 9.88. The number of hydrogen-bond acceptors (Lipinski definition) is 4. The van der Waals surface area contributed by atoms with Crippen LogP contribution in [0.4, 0.5) is 0 Å². The Kier molecular flexibility index (Phi) is 9.63. The van der Waals surface area contributed by atoms with Crippen LogP contribution in [0.2, 0.25) is 5.02 Å². The lowest BCUT2D eigenvalue weighted by Crippen LogP contribution is -2.06. The second kappa shape index (κ2) is 12.2. The van der Waals surface area contributed by atoms with E-state index in [4.69, 9.17) is 28.9 Å². The van der Waals surface area contributed by atoms with Gasteiger partial charge >= 0.3 is 11.9 Å². The summed E-state index contributed by atoms with van der Waals surface area (Å²) in [6.07, 6.45) is 6.32. The molecule has 0 atom stereocenters. The van der Waals surface area contributed by atoms with E-state index in [1.165, 1.54) is 23.8 Å². The van der Waals surface area contributed by atoms with Gasteiger partial charge in [0.15, 0.2) is 0 Å². The summed E-state index contributed by atoms with van der Waals surface area (Å²) in [5.74, 6) is -1.21. The van der Waals surface area contributed by atoms with E-state index in [0.29, 0.717) is 18.4 Å². The molecule has 0 fully saturated rings. The van der Waals surface area contributed by atoms with Crippen molar-refractivity contribution >= 4 is 46.2 Å². The smallest absolute Gasteiger partial charge is 0.338 e. The van der Waals surface area contributed by atoms with Gasteiger partial charge in [0.1, 0.15) is 0 Å². The lowest BCUT2D eigenvalue weighted by atomic mass is 9.93. The Hall–Kier alpha value is -2.76. The third-order valence-electron chi connectivity index (χ3n) is 4.82. The van der Waals surface area contributed by atoms with Gasteiger partial charge < -0.3 is 9.84 Å². The Labute approximate surface area is 193 Å². The van der Waals surface area contributed by atoms with Crippen molar-refractivity contribution < 1.29 is 19.4 Å². The summed E-state index contributed by atoms with van der Waals surface area (Å²) in [6, 6.07) is 14.9. The predicted octanol–water partition coefficient (Wildman–Crippen LogP) is 6.32. The number of carbonyl (C=O) groups excluding carboxylic acids is 1. The van der Waals surface area contributed by atoms with Crippen LogP contribution in [0, 0.1) is 0 Å². The van der Waals surface area contributed by atoms with Crippen LogP contribution in [0.3, 0.4) is 0 Å². The van der Waals surface area contributed by atoms with Crippen LogP contribution in [0.1, 0.15) is 47.7 Å². The molecule has 0 bridgehead atoms. The van der Waals surface area contributed by atoms with Crippen LogP contribution in [0.15, 0.2) is 66.3 Å². The van der Waals surface area contributed by atoms with Gasteiger partial charge in [0.25, 0.3) is 0 Å². The highest BCUT2D eigenvalue weighted by atomic mass is 35.5. The first kappa shape index (κ1) is 24.5. The SMILES string of the molecule is CC1=C(c2ccc(Cl)cc2)C=CCC1=S.COC(=O)c1ccccc1CCCC(=O)O. The molecular formula is C25H25ClO4S. The van der Waals surface area contributed by atoms with E-state index in [1.54, 1.807) is 12.1 Å². The van der Waals surface area contributed by atoms with Gasteiger partial charge in [0.05, 0.1) is 12.7 Å². The average Bonchev–Trinajstić information content (AvgIpc) is 2.76. The van der Waals surface area contributed by atoms with Gasteiger partial charge in [0, 0.05) is 22.7 Å². The molecule has 1 N–H and O–H groups in total. The number of benzene rings is 2. The molecule has 0 heterocycles. The zero-order valence-electron chi connectivity index (χ0n) is 17.6. The maximum atomic E-state index is 11.4. The number of halogens is 1. The monoisotopic (exact) mass is 456 g/mol. The fourth-order valence-electron chi connectivity index (χ4n) is 3.13. The largest absolute Gasteiger partial charge is 0.481 e. The molecule has 0 unspecified atom stereocenters. The molecule has 2 aromatic carbocycles. The zero-order valence-corrected chi connectivity index (χ0v) is 19.1. The molecule has 1 aliphatic rings. The van der Waals surface area contributed by atoms with Crippen LogP contribution in [-0.4, -0.2) is 29.0 Å². The van der Waals surface area contributed by atoms with E-state index in [-0.39, 0.29) is 12.4 Å². The van der Waals surface area contributed by atoms with Crippen molar-refractivity contribution in [1.82, 2.24) is 0 Å². The van der Waals surface area contributed by atoms with E-state index in [0.717, 1.165) is 21.9 Å². The second-order valence-corrected chi connectivity index (χ2v) is 7.90. The van der Waals surface area contributed by atoms with E-state index >= 15 is 0 Å². The lowest BCUT2D eigenvalue weighted by Gasteiger charge is -2.13. The molecule has 0 saturated carbocycles. The van der Waals surface area contributed by atoms with Gasteiger partial charge in [-0.15, -0.1) is 0 Å². The third-order valence-corrected chi connectivity index (χ3v) is 5.55. The minimum atomic E-state index is -0.824. The van der Waals surface area contributed by atoms with Crippen LogP contribution in [0.25, 0.3) is 5.57 Å². The number of allylic oxidation sites excluding steroid dienone is 4. The third kappa shape index (κ3) is 7.46.